The van der Waals surface area contributed by atoms with Gasteiger partial charge >= 0.3 is 0 Å². The number of nitrogens with two attached hydrogens (primary N) is 1. The summed E-state index contributed by atoms with van der Waals surface area (Å²) in [5.41, 5.74) is 7.74. The molecule has 0 radical (unpaired) electrons. The van der Waals surface area contributed by atoms with Gasteiger partial charge < -0.3 is 19.9 Å². The smallest absolute Gasteiger partial charge is 0.255 e. The predicted octanol–water partition coefficient (Wildman–Crippen LogP) is 3.38. The molecular weight excluding hydrogens is 387 g/mol. The molecule has 2 unspecified atom stereocenters. The topological polar surface area (TPSA) is 92.4 Å². The van der Waals surface area contributed by atoms with Crippen molar-refractivity contribution < 1.29 is 18.6 Å². The van der Waals surface area contributed by atoms with Crippen molar-refractivity contribution in [1.29, 1.82) is 0 Å². The zero-order valence-corrected chi connectivity index (χ0v) is 16.8. The van der Waals surface area contributed by atoms with Crippen LogP contribution in [0.1, 0.15) is 29.3 Å². The minimum absolute atomic E-state index is 0.0362. The Morgan fingerprint density at radius 1 is 1.13 bits per heavy atom. The summed E-state index contributed by atoms with van der Waals surface area (Å²) in [6.07, 6.45) is 2.91. The number of anilines is 1. The largest absolute Gasteiger partial charge is 0.497 e. The maximum absolute atomic E-state index is 15.0. The highest BCUT2D eigenvalue weighted by Gasteiger charge is 2.40. The van der Waals surface area contributed by atoms with Crippen molar-refractivity contribution >= 4 is 5.95 Å². The van der Waals surface area contributed by atoms with Crippen molar-refractivity contribution in [2.24, 2.45) is 5.92 Å². The average molecular weight is 410 g/mol. The molecule has 156 valence electrons. The maximum atomic E-state index is 15.0. The van der Waals surface area contributed by atoms with Crippen LogP contribution in [-0.4, -0.2) is 35.8 Å². The third-order valence-electron chi connectivity index (χ3n) is 5.18. The molecule has 2 N–H and O–H groups in total. The van der Waals surface area contributed by atoms with Crippen LogP contribution >= 0.6 is 0 Å². The molecule has 8 heteroatoms. The van der Waals surface area contributed by atoms with Crippen molar-refractivity contribution in [1.82, 2.24) is 15.0 Å². The molecule has 1 fully saturated rings. The molecule has 0 bridgehead atoms. The second-order valence-electron chi connectivity index (χ2n) is 7.17. The standard InChI is InChI=1S/C22H23FN4O3/c1-28-15-7-6-13(19(11-15)29-2)10-18-20(23)21(27-22(24)26-18)30-12-14-9-16(14)17-5-3-4-8-25-17/h3-8,11,14,16H,9-10,12H2,1-2H3,(H2,24,26,27). The number of halogens is 1. The number of aromatic nitrogens is 3. The van der Waals surface area contributed by atoms with E-state index >= 15 is 4.39 Å². The number of hydrogen-bond donors (Lipinski definition) is 1. The van der Waals surface area contributed by atoms with Gasteiger partial charge in [0.05, 0.1) is 26.5 Å². The highest BCUT2D eigenvalue weighted by Crippen LogP contribution is 2.46. The van der Waals surface area contributed by atoms with Gasteiger partial charge in [0.15, 0.2) is 0 Å². The van der Waals surface area contributed by atoms with Gasteiger partial charge in [0.1, 0.15) is 11.5 Å². The molecule has 0 spiro atoms. The van der Waals surface area contributed by atoms with Gasteiger partial charge in [-0.05, 0) is 24.6 Å². The normalized spacial score (nSPS) is 17.4. The van der Waals surface area contributed by atoms with Crippen molar-refractivity contribution in [3.05, 3.63) is 65.4 Å². The van der Waals surface area contributed by atoms with Crippen molar-refractivity contribution in [2.45, 2.75) is 18.8 Å². The lowest BCUT2D eigenvalue weighted by Crippen LogP contribution is -2.10. The van der Waals surface area contributed by atoms with Crippen molar-refractivity contribution in [2.75, 3.05) is 26.6 Å². The van der Waals surface area contributed by atoms with Gasteiger partial charge in [-0.3, -0.25) is 4.98 Å². The summed E-state index contributed by atoms with van der Waals surface area (Å²) < 4.78 is 31.3. The summed E-state index contributed by atoms with van der Waals surface area (Å²) in [5.74, 6) is 1.05. The fourth-order valence-corrected chi connectivity index (χ4v) is 3.46. The van der Waals surface area contributed by atoms with E-state index in [4.69, 9.17) is 19.9 Å². The Balaban J connectivity index is 1.48. The van der Waals surface area contributed by atoms with Crippen LogP contribution in [0.3, 0.4) is 0 Å². The van der Waals surface area contributed by atoms with E-state index in [1.807, 2.05) is 18.2 Å². The summed E-state index contributed by atoms with van der Waals surface area (Å²) in [4.78, 5) is 12.4. The Bertz CT molecular complexity index is 1030. The average Bonchev–Trinajstić information content (AvgIpc) is 3.55. The number of ether oxygens (including phenoxy) is 3. The van der Waals surface area contributed by atoms with Crippen LogP contribution in [-0.2, 0) is 6.42 Å². The van der Waals surface area contributed by atoms with Crippen LogP contribution in [0.15, 0.2) is 42.6 Å². The van der Waals surface area contributed by atoms with Crippen LogP contribution in [0.4, 0.5) is 10.3 Å². The first kappa shape index (κ1) is 19.9. The molecule has 0 aliphatic heterocycles. The molecule has 4 rings (SSSR count). The van der Waals surface area contributed by atoms with Crippen LogP contribution in [0, 0.1) is 11.7 Å². The molecule has 1 aliphatic carbocycles. The first-order valence-electron chi connectivity index (χ1n) is 9.65. The third-order valence-corrected chi connectivity index (χ3v) is 5.18. The first-order chi connectivity index (χ1) is 14.6. The van der Waals surface area contributed by atoms with Crippen LogP contribution in [0.25, 0.3) is 0 Å². The zero-order valence-electron chi connectivity index (χ0n) is 16.8. The Morgan fingerprint density at radius 2 is 2.00 bits per heavy atom. The number of rotatable bonds is 8. The van der Waals surface area contributed by atoms with E-state index in [-0.39, 0.29) is 29.9 Å². The second kappa shape index (κ2) is 8.52. The van der Waals surface area contributed by atoms with Crippen LogP contribution in [0.2, 0.25) is 0 Å². The van der Waals surface area contributed by atoms with E-state index in [0.717, 1.165) is 17.7 Å². The molecule has 2 aromatic heterocycles. The Kier molecular flexibility index (Phi) is 5.65. The van der Waals surface area contributed by atoms with Gasteiger partial charge in [-0.2, -0.15) is 9.37 Å². The van der Waals surface area contributed by atoms with Gasteiger partial charge in [0, 0.05) is 41.8 Å². The van der Waals surface area contributed by atoms with E-state index in [0.29, 0.717) is 24.0 Å². The Labute approximate surface area is 174 Å². The quantitative estimate of drug-likeness (QED) is 0.608. The highest BCUT2D eigenvalue weighted by atomic mass is 19.1. The minimum Gasteiger partial charge on any atom is -0.497 e. The molecule has 0 amide bonds. The van der Waals surface area contributed by atoms with Crippen molar-refractivity contribution in [3.8, 4) is 17.4 Å². The molecule has 3 aromatic rings. The molecule has 2 atom stereocenters. The number of pyridine rings is 1. The monoisotopic (exact) mass is 410 g/mol. The van der Waals surface area contributed by atoms with Crippen LogP contribution < -0.4 is 19.9 Å². The van der Waals surface area contributed by atoms with Gasteiger partial charge in [-0.1, -0.05) is 12.1 Å². The van der Waals surface area contributed by atoms with E-state index in [2.05, 4.69) is 15.0 Å². The second-order valence-corrected chi connectivity index (χ2v) is 7.17. The summed E-state index contributed by atoms with van der Waals surface area (Å²) in [6.45, 7) is 0.347. The van der Waals surface area contributed by atoms with Crippen molar-refractivity contribution in [3.63, 3.8) is 0 Å². The van der Waals surface area contributed by atoms with E-state index < -0.39 is 5.82 Å². The van der Waals surface area contributed by atoms with E-state index in [1.54, 1.807) is 38.6 Å². The molecule has 0 saturated heterocycles. The summed E-state index contributed by atoms with van der Waals surface area (Å²) in [5, 5.41) is 0. The van der Waals surface area contributed by atoms with Gasteiger partial charge in [0.25, 0.3) is 5.88 Å². The Morgan fingerprint density at radius 3 is 2.73 bits per heavy atom. The lowest BCUT2D eigenvalue weighted by atomic mass is 10.1. The van der Waals surface area contributed by atoms with Gasteiger partial charge in [-0.25, -0.2) is 4.98 Å². The fraction of sp³-hybridized carbons (Fsp3) is 0.318. The summed E-state index contributed by atoms with van der Waals surface area (Å²) in [6, 6.07) is 11.2. The number of methoxy groups -OCH3 is 2. The highest BCUT2D eigenvalue weighted by molar-refractivity contribution is 5.43. The fourth-order valence-electron chi connectivity index (χ4n) is 3.46. The molecule has 7 nitrogen and oxygen atoms in total. The first-order valence-corrected chi connectivity index (χ1v) is 9.65. The lowest BCUT2D eigenvalue weighted by molar-refractivity contribution is 0.269. The van der Waals surface area contributed by atoms with E-state index in [1.165, 1.54) is 0 Å². The third kappa shape index (κ3) is 4.27. The Hall–Kier alpha value is -3.42. The molecule has 1 saturated carbocycles. The number of nitrogens with zero attached hydrogens (tertiary/aromatic N) is 3. The van der Waals surface area contributed by atoms with E-state index in [9.17, 15) is 0 Å². The lowest BCUT2D eigenvalue weighted by Gasteiger charge is -2.12. The zero-order chi connectivity index (χ0) is 21.1. The summed E-state index contributed by atoms with van der Waals surface area (Å²) in [7, 11) is 3.12. The molecule has 30 heavy (non-hydrogen) atoms. The predicted molar refractivity (Wildman–Crippen MR) is 109 cm³/mol. The SMILES string of the molecule is COc1ccc(Cc2nc(N)nc(OCC3CC3c3ccccn3)c2F)c(OC)c1. The molecule has 1 aliphatic rings. The number of hydrogen-bond acceptors (Lipinski definition) is 7. The molecule has 2 heterocycles. The summed E-state index contributed by atoms with van der Waals surface area (Å²) >= 11 is 0. The van der Waals surface area contributed by atoms with Gasteiger partial charge in [-0.15, -0.1) is 0 Å². The minimum atomic E-state index is -0.614. The maximum Gasteiger partial charge on any atom is 0.255 e. The molecule has 1 aromatic carbocycles. The van der Waals surface area contributed by atoms with Crippen LogP contribution in [0.5, 0.6) is 17.4 Å². The number of nitrogen functional groups attached to an aromatic ring is 1. The van der Waals surface area contributed by atoms with Gasteiger partial charge in [0.2, 0.25) is 11.8 Å². The molecular formula is C22H23FN4O3. The number of benzene rings is 1.